The Morgan fingerprint density at radius 3 is 2.37 bits per heavy atom. The van der Waals surface area contributed by atoms with Gasteiger partial charge in [-0.25, -0.2) is 8.42 Å². The Morgan fingerprint density at radius 1 is 1.00 bits per heavy atom. The zero-order valence-electron chi connectivity index (χ0n) is 22.3. The minimum atomic E-state index is -3.94. The first-order valence-corrected chi connectivity index (χ1v) is 14.8. The number of aryl methyl sites for hydroxylation is 1. The second-order valence-corrected chi connectivity index (χ2v) is 12.2. The molecule has 1 aromatic heterocycles. The molecule has 0 bridgehead atoms. The van der Waals surface area contributed by atoms with E-state index in [1.807, 2.05) is 50.2 Å². The van der Waals surface area contributed by atoms with Crippen LogP contribution in [-0.2, 0) is 27.9 Å². The van der Waals surface area contributed by atoms with Gasteiger partial charge in [-0.15, -0.1) is 0 Å². The predicted molar refractivity (Wildman–Crippen MR) is 159 cm³/mol. The van der Waals surface area contributed by atoms with Crippen molar-refractivity contribution in [1.82, 2.24) is 9.62 Å². The van der Waals surface area contributed by atoms with Gasteiger partial charge in [-0.3, -0.25) is 4.79 Å². The van der Waals surface area contributed by atoms with Crippen LogP contribution in [0.2, 0.25) is 10.0 Å². The topological polar surface area (TPSA) is 103 Å². The quantitative estimate of drug-likeness (QED) is 0.153. The predicted octanol–water partition coefficient (Wildman–Crippen LogP) is 7.07. The summed E-state index contributed by atoms with van der Waals surface area (Å²) >= 11 is 12.2. The molecule has 41 heavy (non-hydrogen) atoms. The van der Waals surface area contributed by atoms with Gasteiger partial charge < -0.3 is 9.73 Å². The fraction of sp³-hybridized carbons (Fsp3) is 0.161. The monoisotopic (exact) mass is 607 g/mol. The Bertz CT molecular complexity index is 1710. The highest BCUT2D eigenvalue weighted by Gasteiger charge is 2.26. The molecule has 0 fully saturated rings. The molecule has 0 aliphatic rings. The number of hydrogen-bond acceptors (Lipinski definition) is 5. The van der Waals surface area contributed by atoms with Crippen LogP contribution >= 0.6 is 23.2 Å². The molecule has 4 rings (SSSR count). The average Bonchev–Trinajstić information content (AvgIpc) is 3.40. The van der Waals surface area contributed by atoms with Crippen LogP contribution in [-0.4, -0.2) is 18.6 Å². The zero-order valence-corrected chi connectivity index (χ0v) is 24.7. The van der Waals surface area contributed by atoms with Gasteiger partial charge >= 0.3 is 0 Å². The van der Waals surface area contributed by atoms with Crippen molar-refractivity contribution in [3.63, 3.8) is 0 Å². The van der Waals surface area contributed by atoms with Gasteiger partial charge in [0.05, 0.1) is 27.5 Å². The van der Waals surface area contributed by atoms with Crippen LogP contribution in [0.25, 0.3) is 6.08 Å². The summed E-state index contributed by atoms with van der Waals surface area (Å²) in [5.41, 5.74) is 2.32. The minimum absolute atomic E-state index is 0.00218. The number of sulfonamides is 1. The van der Waals surface area contributed by atoms with E-state index in [1.165, 1.54) is 10.4 Å². The smallest absolute Gasteiger partial charge is 0.262 e. The minimum Gasteiger partial charge on any atom is -0.460 e. The van der Waals surface area contributed by atoms with Gasteiger partial charge in [0.1, 0.15) is 23.2 Å². The maximum absolute atomic E-state index is 13.7. The summed E-state index contributed by atoms with van der Waals surface area (Å²) < 4.78 is 34.4. The number of halogens is 2. The van der Waals surface area contributed by atoms with Crippen LogP contribution in [0.1, 0.15) is 41.2 Å². The molecule has 4 aromatic rings. The molecule has 210 valence electrons. The maximum Gasteiger partial charge on any atom is 0.262 e. The third kappa shape index (κ3) is 7.66. The first-order valence-electron chi connectivity index (χ1n) is 12.6. The van der Waals surface area contributed by atoms with Crippen LogP contribution < -0.4 is 5.32 Å². The van der Waals surface area contributed by atoms with Gasteiger partial charge in [-0.05, 0) is 61.4 Å². The number of carbonyl (C=O) groups excluding carboxylic acids is 1. The zero-order chi connectivity index (χ0) is 29.6. The Labute approximate surface area is 249 Å². The van der Waals surface area contributed by atoms with Crippen LogP contribution in [0.3, 0.4) is 0 Å². The van der Waals surface area contributed by atoms with E-state index in [-0.39, 0.29) is 35.4 Å². The molecule has 1 N–H and O–H groups in total. The lowest BCUT2D eigenvalue weighted by atomic mass is 10.1. The van der Waals surface area contributed by atoms with Gasteiger partial charge in [0.25, 0.3) is 5.91 Å². The molecular formula is C31H27Cl2N3O4S. The molecule has 0 radical (unpaired) electrons. The summed E-state index contributed by atoms with van der Waals surface area (Å²) in [6.07, 6.45) is 1.33. The van der Waals surface area contributed by atoms with Gasteiger partial charge in [0.2, 0.25) is 10.0 Å². The van der Waals surface area contributed by atoms with Crippen molar-refractivity contribution >= 4 is 45.2 Å². The van der Waals surface area contributed by atoms with Crippen molar-refractivity contribution in [3.8, 4) is 6.07 Å². The van der Waals surface area contributed by atoms with Crippen molar-refractivity contribution < 1.29 is 17.6 Å². The fourth-order valence-corrected chi connectivity index (χ4v) is 5.76. The number of nitrogens with one attached hydrogen (secondary N) is 1. The molecule has 0 saturated carbocycles. The van der Waals surface area contributed by atoms with Gasteiger partial charge in [-0.2, -0.15) is 9.57 Å². The van der Waals surface area contributed by atoms with Crippen molar-refractivity contribution in [2.45, 2.75) is 37.9 Å². The Morgan fingerprint density at radius 2 is 1.71 bits per heavy atom. The summed E-state index contributed by atoms with van der Waals surface area (Å²) in [5, 5.41) is 13.1. The molecule has 1 amide bonds. The molecule has 0 aliphatic heterocycles. The third-order valence-corrected chi connectivity index (χ3v) is 8.86. The Balaban J connectivity index is 1.57. The molecule has 1 atom stereocenters. The van der Waals surface area contributed by atoms with E-state index in [0.29, 0.717) is 21.4 Å². The summed E-state index contributed by atoms with van der Waals surface area (Å²) in [4.78, 5) is 12.9. The molecule has 10 heteroatoms. The molecule has 0 aliphatic carbocycles. The van der Waals surface area contributed by atoms with Crippen molar-refractivity contribution in [1.29, 1.82) is 5.26 Å². The van der Waals surface area contributed by atoms with E-state index < -0.39 is 15.9 Å². The summed E-state index contributed by atoms with van der Waals surface area (Å²) in [5.74, 6) is 0.00799. The van der Waals surface area contributed by atoms with Crippen molar-refractivity contribution in [3.05, 3.63) is 129 Å². The largest absolute Gasteiger partial charge is 0.460 e. The number of amides is 1. The SMILES string of the molecule is Cc1ccc(S(=O)(=O)N(Cc2ccc(Cl)c(Cl)c2)Cc2ccc(/C=C(/C#N)C(=O)N[C@H](C)c3ccccc3)o2)cc1. The maximum atomic E-state index is 13.7. The Hall–Kier alpha value is -3.87. The van der Waals surface area contributed by atoms with Crippen molar-refractivity contribution in [2.75, 3.05) is 0 Å². The first-order chi connectivity index (χ1) is 19.6. The fourth-order valence-electron chi connectivity index (χ4n) is 4.05. The highest BCUT2D eigenvalue weighted by Crippen LogP contribution is 2.27. The molecular weight excluding hydrogens is 581 g/mol. The van der Waals surface area contributed by atoms with Gasteiger partial charge in [-0.1, -0.05) is 77.3 Å². The summed E-state index contributed by atoms with van der Waals surface area (Å²) in [7, 11) is -3.94. The van der Waals surface area contributed by atoms with E-state index in [9.17, 15) is 18.5 Å². The van der Waals surface area contributed by atoms with Gasteiger partial charge in [0.15, 0.2) is 0 Å². The second kappa shape index (κ2) is 13.2. The number of nitrogens with zero attached hydrogens (tertiary/aromatic N) is 2. The standard InChI is InChI=1S/C31H27Cl2N3O4S/c1-21-8-13-28(14-9-21)41(38,39)36(19-23-10-15-29(32)30(33)16-23)20-27-12-11-26(40-27)17-25(18-34)31(37)35-22(2)24-6-4-3-5-7-24/h3-17,22H,19-20H2,1-2H3,(H,35,37)/b25-17-/t22-/m1/s1. The number of hydrogen-bond donors (Lipinski definition) is 1. The normalized spacial score (nSPS) is 12.6. The first kappa shape index (κ1) is 30.1. The molecule has 0 saturated heterocycles. The highest BCUT2D eigenvalue weighted by molar-refractivity contribution is 7.89. The van der Waals surface area contributed by atoms with Gasteiger partial charge in [0, 0.05) is 12.6 Å². The van der Waals surface area contributed by atoms with E-state index in [0.717, 1.165) is 11.1 Å². The van der Waals surface area contributed by atoms with Crippen LogP contribution in [0.4, 0.5) is 0 Å². The number of furan rings is 1. The second-order valence-electron chi connectivity index (χ2n) is 9.41. The number of rotatable bonds is 10. The number of carbonyl (C=O) groups is 1. The van der Waals surface area contributed by atoms with Crippen LogP contribution in [0.15, 0.2) is 99.8 Å². The average molecular weight is 609 g/mol. The lowest BCUT2D eigenvalue weighted by molar-refractivity contribution is -0.117. The van der Waals surface area contributed by atoms with E-state index >= 15 is 0 Å². The van der Waals surface area contributed by atoms with Crippen LogP contribution in [0, 0.1) is 18.3 Å². The molecule has 1 heterocycles. The number of nitriles is 1. The Kier molecular flexibility index (Phi) is 9.69. The highest BCUT2D eigenvalue weighted by atomic mass is 35.5. The molecule has 0 unspecified atom stereocenters. The van der Waals surface area contributed by atoms with Crippen LogP contribution in [0.5, 0.6) is 0 Å². The number of benzene rings is 3. The van der Waals surface area contributed by atoms with E-state index in [2.05, 4.69) is 5.32 Å². The van der Waals surface area contributed by atoms with Crippen molar-refractivity contribution in [2.24, 2.45) is 0 Å². The van der Waals surface area contributed by atoms with E-state index in [1.54, 1.807) is 54.6 Å². The summed E-state index contributed by atoms with van der Waals surface area (Å²) in [6, 6.07) is 25.7. The molecule has 7 nitrogen and oxygen atoms in total. The lowest BCUT2D eigenvalue weighted by Crippen LogP contribution is -2.30. The van der Waals surface area contributed by atoms with E-state index in [4.69, 9.17) is 27.6 Å². The molecule has 3 aromatic carbocycles. The molecule has 0 spiro atoms. The lowest BCUT2D eigenvalue weighted by Gasteiger charge is -2.22. The third-order valence-electron chi connectivity index (χ3n) is 6.32. The summed E-state index contributed by atoms with van der Waals surface area (Å²) in [6.45, 7) is 3.59.